The molecule has 3 rings (SSSR count). The van der Waals surface area contributed by atoms with E-state index in [2.05, 4.69) is 4.99 Å². The number of aliphatic imine (C=N–C) groups is 1. The Hall–Kier alpha value is -3.02. The first-order chi connectivity index (χ1) is 11.6. The normalized spacial score (nSPS) is 15.6. The van der Waals surface area contributed by atoms with Gasteiger partial charge in [0.05, 0.1) is 19.5 Å². The molecule has 1 aliphatic heterocycles. The minimum Gasteiger partial charge on any atom is -0.493 e. The SMILES string of the molecule is COc1cc(/C=C2\N=C(c3ccco3)OC2=O)ccc1OC(C)C. The number of cyclic esters (lactones) is 1. The van der Waals surface area contributed by atoms with Crippen molar-refractivity contribution in [2.45, 2.75) is 20.0 Å². The van der Waals surface area contributed by atoms with E-state index in [9.17, 15) is 4.79 Å². The van der Waals surface area contributed by atoms with Crippen LogP contribution in [-0.2, 0) is 9.53 Å². The van der Waals surface area contributed by atoms with E-state index in [1.54, 1.807) is 37.5 Å². The first-order valence-electron chi connectivity index (χ1n) is 7.48. The summed E-state index contributed by atoms with van der Waals surface area (Å²) < 4.78 is 21.3. The van der Waals surface area contributed by atoms with Gasteiger partial charge in [0.1, 0.15) is 0 Å². The third kappa shape index (κ3) is 3.32. The third-order valence-corrected chi connectivity index (χ3v) is 3.21. The first kappa shape index (κ1) is 15.9. The Morgan fingerprint density at radius 3 is 2.71 bits per heavy atom. The molecule has 0 aliphatic carbocycles. The van der Waals surface area contributed by atoms with Crippen LogP contribution in [0.1, 0.15) is 25.2 Å². The standard InChI is InChI=1S/C18H17NO5/c1-11(2)23-14-7-6-12(10-16(14)21-3)9-13-18(20)24-17(19-13)15-5-4-8-22-15/h4-11H,1-3H3/b13-9-. The molecule has 124 valence electrons. The zero-order valence-electron chi connectivity index (χ0n) is 13.6. The second kappa shape index (κ2) is 6.62. The van der Waals surface area contributed by atoms with E-state index >= 15 is 0 Å². The topological polar surface area (TPSA) is 70.3 Å². The lowest BCUT2D eigenvalue weighted by atomic mass is 10.1. The van der Waals surface area contributed by atoms with Crippen LogP contribution >= 0.6 is 0 Å². The summed E-state index contributed by atoms with van der Waals surface area (Å²) in [7, 11) is 1.57. The van der Waals surface area contributed by atoms with Crippen LogP contribution in [0.25, 0.3) is 6.08 Å². The van der Waals surface area contributed by atoms with E-state index in [0.717, 1.165) is 5.56 Å². The van der Waals surface area contributed by atoms with Crippen molar-refractivity contribution in [2.75, 3.05) is 7.11 Å². The molecule has 1 aromatic carbocycles. The van der Waals surface area contributed by atoms with Crippen LogP contribution in [0, 0.1) is 0 Å². The summed E-state index contributed by atoms with van der Waals surface area (Å²) in [5, 5.41) is 0. The number of rotatable bonds is 5. The van der Waals surface area contributed by atoms with E-state index < -0.39 is 5.97 Å². The van der Waals surface area contributed by atoms with Gasteiger partial charge in [-0.1, -0.05) is 6.07 Å². The van der Waals surface area contributed by atoms with Crippen molar-refractivity contribution in [3.05, 3.63) is 53.6 Å². The van der Waals surface area contributed by atoms with Crippen LogP contribution in [0.15, 0.2) is 51.7 Å². The minimum atomic E-state index is -0.525. The molecule has 6 heteroatoms. The van der Waals surface area contributed by atoms with Gasteiger partial charge in [-0.25, -0.2) is 9.79 Å². The lowest BCUT2D eigenvalue weighted by Crippen LogP contribution is -2.06. The van der Waals surface area contributed by atoms with Crippen LogP contribution in [0.4, 0.5) is 0 Å². The maximum Gasteiger partial charge on any atom is 0.363 e. The molecule has 0 bridgehead atoms. The van der Waals surface area contributed by atoms with E-state index in [0.29, 0.717) is 17.3 Å². The maximum atomic E-state index is 11.9. The molecule has 0 spiro atoms. The Labute approximate surface area is 139 Å². The molecule has 0 N–H and O–H groups in total. The Morgan fingerprint density at radius 2 is 2.04 bits per heavy atom. The van der Waals surface area contributed by atoms with Gasteiger partial charge in [-0.3, -0.25) is 0 Å². The number of carbonyl (C=O) groups is 1. The molecule has 2 heterocycles. The summed E-state index contributed by atoms with van der Waals surface area (Å²) in [6, 6.07) is 8.77. The Morgan fingerprint density at radius 1 is 1.21 bits per heavy atom. The fraction of sp³-hybridized carbons (Fsp3) is 0.222. The van der Waals surface area contributed by atoms with Gasteiger partial charge in [-0.15, -0.1) is 0 Å². The molecule has 0 amide bonds. The van der Waals surface area contributed by atoms with Crippen molar-refractivity contribution in [3.63, 3.8) is 0 Å². The lowest BCUT2D eigenvalue weighted by molar-refractivity contribution is -0.130. The summed E-state index contributed by atoms with van der Waals surface area (Å²) in [5.74, 6) is 1.26. The summed E-state index contributed by atoms with van der Waals surface area (Å²) in [5.41, 5.74) is 0.945. The minimum absolute atomic E-state index is 0.0355. The monoisotopic (exact) mass is 327 g/mol. The molecule has 2 aromatic rings. The first-order valence-corrected chi connectivity index (χ1v) is 7.48. The van der Waals surface area contributed by atoms with Gasteiger partial charge in [-0.2, -0.15) is 0 Å². The largest absolute Gasteiger partial charge is 0.493 e. The van der Waals surface area contributed by atoms with E-state index in [-0.39, 0.29) is 17.7 Å². The molecule has 1 aromatic heterocycles. The molecule has 0 unspecified atom stereocenters. The van der Waals surface area contributed by atoms with Gasteiger partial charge < -0.3 is 18.6 Å². The van der Waals surface area contributed by atoms with Gasteiger partial charge in [0.2, 0.25) is 0 Å². The molecule has 0 radical (unpaired) electrons. The summed E-state index contributed by atoms with van der Waals surface area (Å²) in [6.45, 7) is 3.88. The highest BCUT2D eigenvalue weighted by Crippen LogP contribution is 2.30. The molecule has 0 fully saturated rings. The molecular formula is C18H17NO5. The number of ether oxygens (including phenoxy) is 3. The molecule has 0 saturated carbocycles. The number of carbonyl (C=O) groups excluding carboxylic acids is 1. The van der Waals surface area contributed by atoms with Gasteiger partial charge in [0, 0.05) is 0 Å². The van der Waals surface area contributed by atoms with E-state index in [4.69, 9.17) is 18.6 Å². The number of nitrogens with zero attached hydrogens (tertiary/aromatic N) is 1. The van der Waals surface area contributed by atoms with Crippen molar-refractivity contribution in [1.29, 1.82) is 0 Å². The summed E-state index contributed by atoms with van der Waals surface area (Å²) >= 11 is 0. The highest BCUT2D eigenvalue weighted by Gasteiger charge is 2.25. The van der Waals surface area contributed by atoms with Crippen molar-refractivity contribution in [2.24, 2.45) is 4.99 Å². The van der Waals surface area contributed by atoms with Crippen LogP contribution in [0.5, 0.6) is 11.5 Å². The van der Waals surface area contributed by atoms with E-state index in [1.807, 2.05) is 19.9 Å². The fourth-order valence-electron chi connectivity index (χ4n) is 2.20. The highest BCUT2D eigenvalue weighted by atomic mass is 16.6. The zero-order valence-corrected chi connectivity index (χ0v) is 13.6. The third-order valence-electron chi connectivity index (χ3n) is 3.21. The highest BCUT2D eigenvalue weighted by molar-refractivity contribution is 6.11. The maximum absolute atomic E-state index is 11.9. The number of benzene rings is 1. The van der Waals surface area contributed by atoms with Crippen LogP contribution in [-0.4, -0.2) is 25.1 Å². The van der Waals surface area contributed by atoms with Gasteiger partial charge in [-0.05, 0) is 49.8 Å². The van der Waals surface area contributed by atoms with Crippen LogP contribution in [0.3, 0.4) is 0 Å². The summed E-state index contributed by atoms with van der Waals surface area (Å²) in [6.07, 6.45) is 3.15. The molecule has 1 aliphatic rings. The predicted molar refractivity (Wildman–Crippen MR) is 88.1 cm³/mol. The van der Waals surface area contributed by atoms with E-state index in [1.165, 1.54) is 6.26 Å². The summed E-state index contributed by atoms with van der Waals surface area (Å²) in [4.78, 5) is 16.1. The predicted octanol–water partition coefficient (Wildman–Crippen LogP) is 3.42. The molecule has 6 nitrogen and oxygen atoms in total. The molecule has 0 saturated heterocycles. The van der Waals surface area contributed by atoms with Crippen molar-refractivity contribution >= 4 is 17.9 Å². The number of methoxy groups -OCH3 is 1. The number of esters is 1. The molecule has 24 heavy (non-hydrogen) atoms. The van der Waals surface area contributed by atoms with Gasteiger partial charge in [0.15, 0.2) is 23.0 Å². The Bertz CT molecular complexity index is 803. The van der Waals surface area contributed by atoms with Gasteiger partial charge >= 0.3 is 5.97 Å². The quantitative estimate of drug-likeness (QED) is 0.621. The smallest absolute Gasteiger partial charge is 0.363 e. The second-order valence-electron chi connectivity index (χ2n) is 5.39. The lowest BCUT2D eigenvalue weighted by Gasteiger charge is -2.13. The number of hydrogen-bond donors (Lipinski definition) is 0. The van der Waals surface area contributed by atoms with Crippen molar-refractivity contribution in [1.82, 2.24) is 0 Å². The second-order valence-corrected chi connectivity index (χ2v) is 5.39. The molecule has 0 atom stereocenters. The number of furan rings is 1. The molecular weight excluding hydrogens is 310 g/mol. The Kier molecular flexibility index (Phi) is 4.37. The Balaban J connectivity index is 1.89. The van der Waals surface area contributed by atoms with Crippen LogP contribution in [0.2, 0.25) is 0 Å². The zero-order chi connectivity index (χ0) is 17.1. The van der Waals surface area contributed by atoms with Crippen LogP contribution < -0.4 is 9.47 Å². The van der Waals surface area contributed by atoms with Gasteiger partial charge in [0.25, 0.3) is 5.90 Å². The average molecular weight is 327 g/mol. The fourth-order valence-corrected chi connectivity index (χ4v) is 2.20. The number of hydrogen-bond acceptors (Lipinski definition) is 6. The average Bonchev–Trinajstić information content (AvgIpc) is 3.19. The van der Waals surface area contributed by atoms with Crippen molar-refractivity contribution in [3.8, 4) is 11.5 Å². The van der Waals surface area contributed by atoms with Crippen molar-refractivity contribution < 1.29 is 23.4 Å².